The molecule has 0 spiro atoms. The smallest absolute Gasteiger partial charge is 0.306 e. The van der Waals surface area contributed by atoms with E-state index in [2.05, 4.69) is 4.72 Å². The second-order valence-electron chi connectivity index (χ2n) is 4.75. The van der Waals surface area contributed by atoms with E-state index in [9.17, 15) is 22.0 Å². The highest BCUT2D eigenvalue weighted by Gasteiger charge is 2.31. The van der Waals surface area contributed by atoms with E-state index < -0.39 is 33.7 Å². The maximum Gasteiger partial charge on any atom is 0.306 e. The van der Waals surface area contributed by atoms with Crippen LogP contribution in [0.3, 0.4) is 0 Å². The Balaban J connectivity index is 2.05. The van der Waals surface area contributed by atoms with Gasteiger partial charge in [-0.1, -0.05) is 0 Å². The third-order valence-corrected chi connectivity index (χ3v) is 4.85. The second-order valence-corrected chi connectivity index (χ2v) is 6.42. The number of hydrogen-bond acceptors (Lipinski definition) is 3. The van der Waals surface area contributed by atoms with Crippen LogP contribution in [0.25, 0.3) is 0 Å². The van der Waals surface area contributed by atoms with E-state index in [0.29, 0.717) is 0 Å². The van der Waals surface area contributed by atoms with Crippen molar-refractivity contribution in [2.45, 2.75) is 12.8 Å². The topological polar surface area (TPSA) is 86.7 Å². The SMILES string of the molecule is O=C(O)C1CCN(S(=O)(=O)Nc2ccc(F)c(F)c2)CC1. The van der Waals surface area contributed by atoms with Gasteiger partial charge in [0.15, 0.2) is 11.6 Å². The normalized spacial score (nSPS) is 17.6. The zero-order valence-corrected chi connectivity index (χ0v) is 11.7. The summed E-state index contributed by atoms with van der Waals surface area (Å²) in [7, 11) is -3.91. The number of halogens is 2. The summed E-state index contributed by atoms with van der Waals surface area (Å²) in [6, 6.07) is 2.68. The van der Waals surface area contributed by atoms with E-state index in [1.807, 2.05) is 0 Å². The molecule has 116 valence electrons. The van der Waals surface area contributed by atoms with Gasteiger partial charge in [-0.25, -0.2) is 8.78 Å². The molecule has 0 atom stereocenters. The zero-order valence-electron chi connectivity index (χ0n) is 10.9. The fourth-order valence-electron chi connectivity index (χ4n) is 2.12. The lowest BCUT2D eigenvalue weighted by molar-refractivity contribution is -0.142. The molecule has 1 aliphatic heterocycles. The van der Waals surface area contributed by atoms with Crippen LogP contribution < -0.4 is 4.72 Å². The summed E-state index contributed by atoms with van der Waals surface area (Å²) < 4.78 is 53.2. The minimum Gasteiger partial charge on any atom is -0.481 e. The summed E-state index contributed by atoms with van der Waals surface area (Å²) in [4.78, 5) is 10.8. The Morgan fingerprint density at radius 3 is 2.38 bits per heavy atom. The van der Waals surface area contributed by atoms with Gasteiger partial charge >= 0.3 is 16.2 Å². The van der Waals surface area contributed by atoms with Crippen LogP contribution >= 0.6 is 0 Å². The lowest BCUT2D eigenvalue weighted by Crippen LogP contribution is -2.42. The molecule has 1 fully saturated rings. The maximum absolute atomic E-state index is 13.0. The van der Waals surface area contributed by atoms with Gasteiger partial charge in [0, 0.05) is 19.2 Å². The van der Waals surface area contributed by atoms with Gasteiger partial charge in [0.1, 0.15) is 0 Å². The summed E-state index contributed by atoms with van der Waals surface area (Å²) in [5, 5.41) is 8.86. The lowest BCUT2D eigenvalue weighted by Gasteiger charge is -2.29. The molecule has 0 aliphatic carbocycles. The third kappa shape index (κ3) is 3.67. The first-order valence-electron chi connectivity index (χ1n) is 6.25. The van der Waals surface area contributed by atoms with Gasteiger partial charge in [0.2, 0.25) is 0 Å². The number of carboxylic acid groups (broad SMARTS) is 1. The highest BCUT2D eigenvalue weighted by molar-refractivity contribution is 7.90. The van der Waals surface area contributed by atoms with Crippen LogP contribution in [0.15, 0.2) is 18.2 Å². The van der Waals surface area contributed by atoms with Gasteiger partial charge in [-0.15, -0.1) is 0 Å². The quantitative estimate of drug-likeness (QED) is 0.878. The molecule has 0 amide bonds. The predicted octanol–water partition coefficient (Wildman–Crippen LogP) is 1.42. The Hall–Kier alpha value is -1.74. The summed E-state index contributed by atoms with van der Waals surface area (Å²) in [5.74, 6) is -3.72. The van der Waals surface area contributed by atoms with Crippen molar-refractivity contribution in [1.29, 1.82) is 0 Å². The number of carboxylic acids is 1. The van der Waals surface area contributed by atoms with Gasteiger partial charge in [0.05, 0.1) is 11.6 Å². The molecule has 9 heteroatoms. The van der Waals surface area contributed by atoms with Crippen molar-refractivity contribution in [1.82, 2.24) is 4.31 Å². The highest BCUT2D eigenvalue weighted by Crippen LogP contribution is 2.21. The Kier molecular flexibility index (Phi) is 4.43. The largest absolute Gasteiger partial charge is 0.481 e. The number of nitrogens with zero attached hydrogens (tertiary/aromatic N) is 1. The monoisotopic (exact) mass is 320 g/mol. The number of rotatable bonds is 4. The molecular weight excluding hydrogens is 306 g/mol. The average molecular weight is 320 g/mol. The van der Waals surface area contributed by atoms with Crippen LogP contribution in [0.4, 0.5) is 14.5 Å². The van der Waals surface area contributed by atoms with E-state index in [-0.39, 0.29) is 31.6 Å². The lowest BCUT2D eigenvalue weighted by atomic mass is 9.99. The van der Waals surface area contributed by atoms with Crippen LogP contribution in [-0.2, 0) is 15.0 Å². The molecule has 0 unspecified atom stereocenters. The molecule has 1 heterocycles. The van der Waals surface area contributed by atoms with Gasteiger partial charge in [-0.3, -0.25) is 9.52 Å². The standard InChI is InChI=1S/C12H14F2N2O4S/c13-10-2-1-9(7-11(10)14)15-21(19,20)16-5-3-8(4-6-16)12(17)18/h1-2,7-8,15H,3-6H2,(H,17,18). The van der Waals surface area contributed by atoms with Crippen LogP contribution in [0.2, 0.25) is 0 Å². The molecule has 1 saturated heterocycles. The Morgan fingerprint density at radius 2 is 1.86 bits per heavy atom. The Labute approximate surface area is 120 Å². The maximum atomic E-state index is 13.0. The molecule has 1 aromatic carbocycles. The van der Waals surface area contributed by atoms with E-state index in [4.69, 9.17) is 5.11 Å². The van der Waals surface area contributed by atoms with E-state index in [0.717, 1.165) is 22.5 Å². The predicted molar refractivity (Wildman–Crippen MR) is 70.8 cm³/mol. The van der Waals surface area contributed by atoms with Gasteiger partial charge in [-0.2, -0.15) is 12.7 Å². The van der Waals surface area contributed by atoms with Crippen molar-refractivity contribution in [3.63, 3.8) is 0 Å². The number of aliphatic carboxylic acids is 1. The number of hydrogen-bond donors (Lipinski definition) is 2. The molecule has 2 N–H and O–H groups in total. The van der Waals surface area contributed by atoms with Crippen LogP contribution in [0.5, 0.6) is 0 Å². The van der Waals surface area contributed by atoms with Gasteiger partial charge in [0.25, 0.3) is 0 Å². The molecule has 1 aliphatic rings. The first-order chi connectivity index (χ1) is 9.79. The molecule has 21 heavy (non-hydrogen) atoms. The summed E-state index contributed by atoms with van der Waals surface area (Å²) in [6.45, 7) is 0.131. The molecular formula is C12H14F2N2O4S. The van der Waals surface area contributed by atoms with Crippen LogP contribution in [0, 0.1) is 17.6 Å². The van der Waals surface area contributed by atoms with Crippen molar-refractivity contribution in [3.8, 4) is 0 Å². The van der Waals surface area contributed by atoms with E-state index >= 15 is 0 Å². The molecule has 0 bridgehead atoms. The minimum absolute atomic E-state index is 0.0655. The average Bonchev–Trinajstić information content (AvgIpc) is 2.43. The van der Waals surface area contributed by atoms with Gasteiger partial charge in [-0.05, 0) is 25.0 Å². The fraction of sp³-hybridized carbons (Fsp3) is 0.417. The number of nitrogens with one attached hydrogen (secondary N) is 1. The molecule has 2 rings (SSSR count). The van der Waals surface area contributed by atoms with E-state index in [1.165, 1.54) is 0 Å². The molecule has 1 aromatic rings. The van der Waals surface area contributed by atoms with Crippen molar-refractivity contribution < 1.29 is 27.1 Å². The number of carbonyl (C=O) groups is 1. The van der Waals surface area contributed by atoms with Gasteiger partial charge < -0.3 is 5.11 Å². The minimum atomic E-state index is -3.91. The highest BCUT2D eigenvalue weighted by atomic mass is 32.2. The first kappa shape index (κ1) is 15.6. The van der Waals surface area contributed by atoms with Crippen molar-refractivity contribution in [2.24, 2.45) is 5.92 Å². The van der Waals surface area contributed by atoms with Crippen molar-refractivity contribution >= 4 is 21.9 Å². The zero-order chi connectivity index (χ0) is 15.6. The van der Waals surface area contributed by atoms with E-state index in [1.54, 1.807) is 0 Å². The summed E-state index contributed by atoms with van der Waals surface area (Å²) >= 11 is 0. The second kappa shape index (κ2) is 5.94. The summed E-state index contributed by atoms with van der Waals surface area (Å²) in [6.07, 6.45) is 0.433. The van der Waals surface area contributed by atoms with Crippen molar-refractivity contribution in [3.05, 3.63) is 29.8 Å². The third-order valence-electron chi connectivity index (χ3n) is 3.31. The fourth-order valence-corrected chi connectivity index (χ4v) is 3.36. The molecule has 0 saturated carbocycles. The molecule has 6 nitrogen and oxygen atoms in total. The molecule has 0 aromatic heterocycles. The van der Waals surface area contributed by atoms with Crippen LogP contribution in [0.1, 0.15) is 12.8 Å². The first-order valence-corrected chi connectivity index (χ1v) is 7.69. The number of benzene rings is 1. The number of piperidine rings is 1. The number of anilines is 1. The Bertz CT molecular complexity index is 643. The molecule has 0 radical (unpaired) electrons. The van der Waals surface area contributed by atoms with Crippen molar-refractivity contribution in [2.75, 3.05) is 17.8 Å². The Morgan fingerprint density at radius 1 is 1.24 bits per heavy atom. The van der Waals surface area contributed by atoms with Crippen LogP contribution in [-0.4, -0.2) is 36.9 Å². The summed E-state index contributed by atoms with van der Waals surface area (Å²) in [5.41, 5.74) is -0.0886.